The molecule has 3 rings (SSSR count). The van der Waals surface area contributed by atoms with Gasteiger partial charge in [-0.2, -0.15) is 0 Å². The lowest BCUT2D eigenvalue weighted by Gasteiger charge is -2.18. The maximum Gasteiger partial charge on any atom is 0.107 e. The van der Waals surface area contributed by atoms with Gasteiger partial charge in [-0.05, 0) is 18.6 Å². The van der Waals surface area contributed by atoms with Crippen molar-refractivity contribution in [2.75, 3.05) is 24.5 Å². The number of rotatable bonds is 5. The van der Waals surface area contributed by atoms with Gasteiger partial charge < -0.3 is 15.2 Å². The van der Waals surface area contributed by atoms with Crippen molar-refractivity contribution in [2.45, 2.75) is 18.9 Å². The molecule has 100 valence electrons. The van der Waals surface area contributed by atoms with Crippen LogP contribution in [0.5, 0.6) is 0 Å². The van der Waals surface area contributed by atoms with Crippen molar-refractivity contribution in [2.24, 2.45) is 0 Å². The summed E-state index contributed by atoms with van der Waals surface area (Å²) >= 11 is 0. The van der Waals surface area contributed by atoms with Gasteiger partial charge >= 0.3 is 0 Å². The second-order valence-corrected chi connectivity index (χ2v) is 5.01. The summed E-state index contributed by atoms with van der Waals surface area (Å²) in [6, 6.07) is 11.2. The fraction of sp³-hybridized carbons (Fsp3) is 0.400. The van der Waals surface area contributed by atoms with Crippen LogP contribution in [0.1, 0.15) is 12.2 Å². The second-order valence-electron chi connectivity index (χ2n) is 5.01. The van der Waals surface area contributed by atoms with Crippen molar-refractivity contribution < 1.29 is 0 Å². The highest BCUT2D eigenvalue weighted by atomic mass is 15.2. The van der Waals surface area contributed by atoms with Crippen LogP contribution in [-0.2, 0) is 6.42 Å². The van der Waals surface area contributed by atoms with Crippen LogP contribution in [0.15, 0.2) is 42.7 Å². The van der Waals surface area contributed by atoms with Crippen LogP contribution in [-0.4, -0.2) is 35.6 Å². The molecule has 0 radical (unpaired) electrons. The summed E-state index contributed by atoms with van der Waals surface area (Å²) in [5.41, 5.74) is 1.33. The molecule has 1 aliphatic heterocycles. The van der Waals surface area contributed by atoms with Gasteiger partial charge in [-0.3, -0.25) is 0 Å². The number of nitrogens with zero attached hydrogens (tertiary/aromatic N) is 2. The van der Waals surface area contributed by atoms with E-state index in [0.717, 1.165) is 31.9 Å². The summed E-state index contributed by atoms with van der Waals surface area (Å²) in [6.07, 6.45) is 5.87. The van der Waals surface area contributed by atoms with Crippen LogP contribution in [0.25, 0.3) is 0 Å². The Morgan fingerprint density at radius 3 is 3.00 bits per heavy atom. The lowest BCUT2D eigenvalue weighted by Crippen LogP contribution is -2.34. The first kappa shape index (κ1) is 12.2. The molecule has 1 aromatic heterocycles. The van der Waals surface area contributed by atoms with Crippen molar-refractivity contribution in [1.29, 1.82) is 0 Å². The summed E-state index contributed by atoms with van der Waals surface area (Å²) in [4.78, 5) is 9.82. The van der Waals surface area contributed by atoms with Crippen LogP contribution in [0.3, 0.4) is 0 Å². The lowest BCUT2D eigenvalue weighted by atomic mass is 10.2. The topological polar surface area (TPSA) is 44.0 Å². The van der Waals surface area contributed by atoms with Crippen LogP contribution in [0.4, 0.5) is 5.69 Å². The highest BCUT2D eigenvalue weighted by Gasteiger charge is 2.21. The van der Waals surface area contributed by atoms with E-state index < -0.39 is 0 Å². The van der Waals surface area contributed by atoms with Crippen molar-refractivity contribution >= 4 is 5.69 Å². The number of hydrogen-bond acceptors (Lipinski definition) is 3. The summed E-state index contributed by atoms with van der Waals surface area (Å²) in [7, 11) is 0. The average Bonchev–Trinajstić information content (AvgIpc) is 3.11. The van der Waals surface area contributed by atoms with Crippen molar-refractivity contribution in [3.63, 3.8) is 0 Å². The molecule has 0 amide bonds. The van der Waals surface area contributed by atoms with Crippen LogP contribution >= 0.6 is 0 Å². The van der Waals surface area contributed by atoms with Crippen LogP contribution < -0.4 is 10.2 Å². The zero-order valence-electron chi connectivity index (χ0n) is 11.0. The normalized spacial score (nSPS) is 18.9. The van der Waals surface area contributed by atoms with Gasteiger partial charge in [0.15, 0.2) is 0 Å². The number of aromatic amines is 1. The molecule has 0 bridgehead atoms. The number of benzene rings is 1. The molecule has 1 aromatic carbocycles. The number of hydrogen-bond donors (Lipinski definition) is 2. The van der Waals surface area contributed by atoms with Crippen molar-refractivity contribution in [3.05, 3.63) is 48.5 Å². The summed E-state index contributed by atoms with van der Waals surface area (Å²) in [5.74, 6) is 1.06. The molecule has 1 unspecified atom stereocenters. The Labute approximate surface area is 113 Å². The Hall–Kier alpha value is -1.81. The van der Waals surface area contributed by atoms with Crippen LogP contribution in [0, 0.1) is 0 Å². The van der Waals surface area contributed by atoms with Gasteiger partial charge in [0, 0.05) is 50.2 Å². The van der Waals surface area contributed by atoms with Gasteiger partial charge in [-0.1, -0.05) is 18.2 Å². The molecule has 4 heteroatoms. The van der Waals surface area contributed by atoms with E-state index in [1.54, 1.807) is 0 Å². The van der Waals surface area contributed by atoms with E-state index in [4.69, 9.17) is 0 Å². The van der Waals surface area contributed by atoms with E-state index in [0.29, 0.717) is 6.04 Å². The SMILES string of the molecule is c1ccc(N2CCC(NCCc3ncc[nH]3)C2)cc1. The van der Waals surface area contributed by atoms with Gasteiger partial charge in [-0.25, -0.2) is 4.98 Å². The van der Waals surface area contributed by atoms with E-state index in [9.17, 15) is 0 Å². The monoisotopic (exact) mass is 256 g/mol. The predicted molar refractivity (Wildman–Crippen MR) is 77.4 cm³/mol. The standard InChI is InChI=1S/C15H20N4/c1-2-4-14(5-3-1)19-11-7-13(12-19)16-8-6-15-17-9-10-18-15/h1-5,9-10,13,16H,6-8,11-12H2,(H,17,18). The minimum absolute atomic E-state index is 0.593. The Morgan fingerprint density at radius 1 is 1.32 bits per heavy atom. The minimum Gasteiger partial charge on any atom is -0.370 e. The molecule has 19 heavy (non-hydrogen) atoms. The predicted octanol–water partition coefficient (Wildman–Crippen LogP) is 1.82. The van der Waals surface area contributed by atoms with E-state index in [1.165, 1.54) is 12.1 Å². The van der Waals surface area contributed by atoms with Crippen molar-refractivity contribution in [3.8, 4) is 0 Å². The maximum atomic E-state index is 4.24. The summed E-state index contributed by atoms with van der Waals surface area (Å²) < 4.78 is 0. The molecule has 1 aliphatic rings. The fourth-order valence-electron chi connectivity index (χ4n) is 2.63. The third kappa shape index (κ3) is 3.15. The number of H-pyrrole nitrogens is 1. The zero-order chi connectivity index (χ0) is 12.9. The van der Waals surface area contributed by atoms with Gasteiger partial charge in [0.2, 0.25) is 0 Å². The van der Waals surface area contributed by atoms with Gasteiger partial charge in [0.05, 0.1) is 0 Å². The third-order valence-corrected chi connectivity index (χ3v) is 3.66. The van der Waals surface area contributed by atoms with E-state index in [1.807, 2.05) is 12.4 Å². The van der Waals surface area contributed by atoms with Gasteiger partial charge in [-0.15, -0.1) is 0 Å². The first-order chi connectivity index (χ1) is 9.42. The smallest absolute Gasteiger partial charge is 0.107 e. The number of imidazole rings is 1. The Bertz CT molecular complexity index is 480. The highest BCUT2D eigenvalue weighted by Crippen LogP contribution is 2.19. The molecule has 2 aromatic rings. The van der Waals surface area contributed by atoms with Gasteiger partial charge in [0.1, 0.15) is 5.82 Å². The Kier molecular flexibility index (Phi) is 3.79. The van der Waals surface area contributed by atoms with E-state index in [2.05, 4.69) is 50.5 Å². The van der Waals surface area contributed by atoms with Crippen molar-refractivity contribution in [1.82, 2.24) is 15.3 Å². The molecule has 0 aliphatic carbocycles. The average molecular weight is 256 g/mol. The number of para-hydroxylation sites is 1. The number of anilines is 1. The Balaban J connectivity index is 1.44. The van der Waals surface area contributed by atoms with Crippen LogP contribution in [0.2, 0.25) is 0 Å². The van der Waals surface area contributed by atoms with E-state index in [-0.39, 0.29) is 0 Å². The summed E-state index contributed by atoms with van der Waals surface area (Å²) in [5, 5.41) is 3.62. The largest absolute Gasteiger partial charge is 0.370 e. The Morgan fingerprint density at radius 2 is 2.21 bits per heavy atom. The zero-order valence-corrected chi connectivity index (χ0v) is 11.0. The molecular weight excluding hydrogens is 236 g/mol. The molecule has 1 fully saturated rings. The van der Waals surface area contributed by atoms with Gasteiger partial charge in [0.25, 0.3) is 0 Å². The fourth-order valence-corrected chi connectivity index (χ4v) is 2.63. The second kappa shape index (κ2) is 5.89. The lowest BCUT2D eigenvalue weighted by molar-refractivity contribution is 0.550. The molecule has 4 nitrogen and oxygen atoms in total. The molecule has 2 N–H and O–H groups in total. The first-order valence-electron chi connectivity index (χ1n) is 6.93. The quantitative estimate of drug-likeness (QED) is 0.857. The summed E-state index contributed by atoms with van der Waals surface area (Å²) in [6.45, 7) is 3.23. The molecule has 0 spiro atoms. The first-order valence-corrected chi connectivity index (χ1v) is 6.93. The minimum atomic E-state index is 0.593. The number of nitrogens with one attached hydrogen (secondary N) is 2. The molecule has 0 saturated carbocycles. The maximum absolute atomic E-state index is 4.24. The molecule has 1 saturated heterocycles. The molecule has 1 atom stereocenters. The highest BCUT2D eigenvalue weighted by molar-refractivity contribution is 5.47. The van der Waals surface area contributed by atoms with E-state index >= 15 is 0 Å². The number of aromatic nitrogens is 2. The third-order valence-electron chi connectivity index (χ3n) is 3.66. The molecule has 2 heterocycles. The molecular formula is C15H20N4.